The third kappa shape index (κ3) is 3.38. The Kier molecular flexibility index (Phi) is 4.53. The van der Waals surface area contributed by atoms with Crippen LogP contribution in [0.15, 0.2) is 22.7 Å². The van der Waals surface area contributed by atoms with Gasteiger partial charge in [0.15, 0.2) is 0 Å². The molecule has 0 aliphatic carbocycles. The molecule has 0 amide bonds. The monoisotopic (exact) mass is 352 g/mol. The van der Waals surface area contributed by atoms with E-state index in [1.165, 1.54) is 0 Å². The Hall–Kier alpha value is -0.300. The standard InChI is InChI=1S/C11H14BrClN2O2S/c12-8-1-2-11(10(13)7-8)15-18(16,17)9-3-5-14-6-4-9/h1-2,7,9,14-15H,3-6H2. The van der Waals surface area contributed by atoms with E-state index >= 15 is 0 Å². The van der Waals surface area contributed by atoms with Crippen molar-refractivity contribution in [2.45, 2.75) is 18.1 Å². The zero-order valence-electron chi connectivity index (χ0n) is 9.62. The summed E-state index contributed by atoms with van der Waals surface area (Å²) in [6, 6.07) is 5.08. The highest BCUT2D eigenvalue weighted by molar-refractivity contribution is 9.10. The lowest BCUT2D eigenvalue weighted by Crippen LogP contribution is -2.38. The van der Waals surface area contributed by atoms with Gasteiger partial charge in [-0.1, -0.05) is 27.5 Å². The average molecular weight is 354 g/mol. The molecule has 1 fully saturated rings. The van der Waals surface area contributed by atoms with Crippen LogP contribution in [0.1, 0.15) is 12.8 Å². The molecule has 0 aromatic heterocycles. The van der Waals surface area contributed by atoms with Crippen LogP contribution in [0, 0.1) is 0 Å². The predicted molar refractivity (Wildman–Crippen MR) is 77.6 cm³/mol. The Morgan fingerprint density at radius 2 is 2.00 bits per heavy atom. The van der Waals surface area contributed by atoms with Gasteiger partial charge in [0.2, 0.25) is 10.0 Å². The van der Waals surface area contributed by atoms with Gasteiger partial charge in [0.05, 0.1) is 16.0 Å². The highest BCUT2D eigenvalue weighted by Crippen LogP contribution is 2.27. The number of sulfonamides is 1. The van der Waals surface area contributed by atoms with Gasteiger partial charge in [-0.3, -0.25) is 4.72 Å². The Labute approximate surface area is 120 Å². The van der Waals surface area contributed by atoms with Gasteiger partial charge >= 0.3 is 0 Å². The van der Waals surface area contributed by atoms with Gasteiger partial charge in [-0.2, -0.15) is 0 Å². The van der Waals surface area contributed by atoms with Crippen molar-refractivity contribution >= 4 is 43.2 Å². The first-order valence-corrected chi connectivity index (χ1v) is 8.38. The number of nitrogens with one attached hydrogen (secondary N) is 2. The summed E-state index contributed by atoms with van der Waals surface area (Å²) in [6.45, 7) is 1.47. The van der Waals surface area contributed by atoms with E-state index in [4.69, 9.17) is 11.6 Å². The molecule has 1 saturated heterocycles. The Morgan fingerprint density at radius 1 is 1.33 bits per heavy atom. The van der Waals surface area contributed by atoms with Crippen molar-refractivity contribution in [2.24, 2.45) is 0 Å². The number of benzene rings is 1. The normalized spacial score (nSPS) is 17.7. The molecule has 1 aliphatic rings. The van der Waals surface area contributed by atoms with Gasteiger partial charge in [-0.05, 0) is 44.1 Å². The number of rotatable bonds is 3. The molecule has 4 nitrogen and oxygen atoms in total. The number of halogens is 2. The van der Waals surface area contributed by atoms with E-state index in [2.05, 4.69) is 26.0 Å². The summed E-state index contributed by atoms with van der Waals surface area (Å²) in [5, 5.41) is 3.19. The molecule has 0 unspecified atom stereocenters. The summed E-state index contributed by atoms with van der Waals surface area (Å²) in [4.78, 5) is 0. The molecule has 100 valence electrons. The minimum absolute atomic E-state index is 0.349. The maximum Gasteiger partial charge on any atom is 0.235 e. The molecule has 18 heavy (non-hydrogen) atoms. The molecule has 2 N–H and O–H groups in total. The number of hydrogen-bond donors (Lipinski definition) is 2. The van der Waals surface area contributed by atoms with Crippen molar-refractivity contribution in [1.82, 2.24) is 5.32 Å². The molecular weight excluding hydrogens is 340 g/mol. The molecular formula is C11H14BrClN2O2S. The third-order valence-electron chi connectivity index (χ3n) is 2.91. The second-order valence-corrected chi connectivity index (χ2v) is 7.50. The molecule has 0 bridgehead atoms. The fourth-order valence-electron chi connectivity index (χ4n) is 1.91. The van der Waals surface area contributed by atoms with E-state index in [1.54, 1.807) is 18.2 Å². The van der Waals surface area contributed by atoms with Crippen molar-refractivity contribution in [1.29, 1.82) is 0 Å². The Balaban J connectivity index is 2.16. The summed E-state index contributed by atoms with van der Waals surface area (Å²) in [6.07, 6.45) is 1.26. The summed E-state index contributed by atoms with van der Waals surface area (Å²) < 4.78 is 27.8. The van der Waals surface area contributed by atoms with Gasteiger partial charge in [0, 0.05) is 4.47 Å². The Morgan fingerprint density at radius 3 is 2.61 bits per heavy atom. The predicted octanol–water partition coefficient (Wildman–Crippen LogP) is 2.60. The van der Waals surface area contributed by atoms with Crippen LogP contribution in [-0.4, -0.2) is 26.8 Å². The minimum atomic E-state index is -3.36. The van der Waals surface area contributed by atoms with Crippen molar-refractivity contribution in [2.75, 3.05) is 17.8 Å². The molecule has 0 saturated carbocycles. The van der Waals surface area contributed by atoms with E-state index in [1.807, 2.05) is 0 Å². The third-order valence-corrected chi connectivity index (χ3v) is 5.57. The van der Waals surface area contributed by atoms with Crippen LogP contribution in [0.4, 0.5) is 5.69 Å². The van der Waals surface area contributed by atoms with E-state index in [-0.39, 0.29) is 5.25 Å². The van der Waals surface area contributed by atoms with E-state index in [0.717, 1.165) is 17.6 Å². The topological polar surface area (TPSA) is 58.2 Å². The van der Waals surface area contributed by atoms with Crippen LogP contribution in [-0.2, 0) is 10.0 Å². The zero-order chi connectivity index (χ0) is 13.2. The van der Waals surface area contributed by atoms with Gasteiger partial charge < -0.3 is 5.32 Å². The van der Waals surface area contributed by atoms with E-state index < -0.39 is 10.0 Å². The smallest absolute Gasteiger partial charge is 0.235 e. The van der Waals surface area contributed by atoms with Crippen LogP contribution in [0.25, 0.3) is 0 Å². The number of hydrogen-bond acceptors (Lipinski definition) is 3. The van der Waals surface area contributed by atoms with E-state index in [9.17, 15) is 8.42 Å². The summed E-state index contributed by atoms with van der Waals surface area (Å²) in [5.74, 6) is 0. The first-order chi connectivity index (χ1) is 8.49. The highest BCUT2D eigenvalue weighted by atomic mass is 79.9. The molecule has 1 aromatic carbocycles. The Bertz CT molecular complexity index is 530. The first-order valence-electron chi connectivity index (χ1n) is 5.66. The maximum absolute atomic E-state index is 12.2. The maximum atomic E-state index is 12.2. The molecule has 2 rings (SSSR count). The minimum Gasteiger partial charge on any atom is -0.317 e. The van der Waals surface area contributed by atoms with Crippen molar-refractivity contribution in [3.63, 3.8) is 0 Å². The zero-order valence-corrected chi connectivity index (χ0v) is 12.8. The van der Waals surface area contributed by atoms with Gasteiger partial charge in [0.1, 0.15) is 0 Å². The lowest BCUT2D eigenvalue weighted by atomic mass is 10.2. The van der Waals surface area contributed by atoms with Crippen LogP contribution < -0.4 is 10.0 Å². The summed E-state index contributed by atoms with van der Waals surface area (Å²) >= 11 is 9.29. The van der Waals surface area contributed by atoms with Crippen LogP contribution >= 0.6 is 27.5 Å². The second-order valence-electron chi connectivity index (χ2n) is 4.22. The van der Waals surface area contributed by atoms with Crippen LogP contribution in [0.5, 0.6) is 0 Å². The molecule has 1 aromatic rings. The fourth-order valence-corrected chi connectivity index (χ4v) is 4.20. The molecule has 0 atom stereocenters. The SMILES string of the molecule is O=S(=O)(Nc1ccc(Br)cc1Cl)C1CCNCC1. The van der Waals surface area contributed by atoms with Crippen molar-refractivity contribution < 1.29 is 8.42 Å². The lowest BCUT2D eigenvalue weighted by molar-refractivity contribution is 0.499. The largest absolute Gasteiger partial charge is 0.317 e. The van der Waals surface area contributed by atoms with Crippen molar-refractivity contribution in [3.05, 3.63) is 27.7 Å². The molecule has 0 radical (unpaired) electrons. The average Bonchev–Trinajstić information content (AvgIpc) is 2.34. The first kappa shape index (κ1) is 14.1. The quantitative estimate of drug-likeness (QED) is 0.878. The van der Waals surface area contributed by atoms with Gasteiger partial charge in [-0.25, -0.2) is 8.42 Å². The molecule has 0 spiro atoms. The molecule has 1 heterocycles. The fraction of sp³-hybridized carbons (Fsp3) is 0.455. The molecule has 1 aliphatic heterocycles. The summed E-state index contributed by atoms with van der Waals surface area (Å²) in [7, 11) is -3.36. The number of piperidine rings is 1. The number of anilines is 1. The lowest BCUT2D eigenvalue weighted by Gasteiger charge is -2.23. The van der Waals surface area contributed by atoms with Crippen molar-refractivity contribution in [3.8, 4) is 0 Å². The van der Waals surface area contributed by atoms with Gasteiger partial charge in [0.25, 0.3) is 0 Å². The van der Waals surface area contributed by atoms with Crippen LogP contribution in [0.3, 0.4) is 0 Å². The second kappa shape index (κ2) is 5.77. The highest BCUT2D eigenvalue weighted by Gasteiger charge is 2.27. The van der Waals surface area contributed by atoms with E-state index in [0.29, 0.717) is 23.6 Å². The van der Waals surface area contributed by atoms with Crippen LogP contribution in [0.2, 0.25) is 5.02 Å². The van der Waals surface area contributed by atoms with Gasteiger partial charge in [-0.15, -0.1) is 0 Å². The molecule has 7 heteroatoms. The summed E-state index contributed by atoms with van der Waals surface area (Å²) in [5.41, 5.74) is 0.429.